The van der Waals surface area contributed by atoms with Crippen LogP contribution in [-0.4, -0.2) is 29.5 Å². The molecular weight excluding hydrogens is 284 g/mol. The largest absolute Gasteiger partial charge is 0.391 e. The van der Waals surface area contributed by atoms with Gasteiger partial charge in [-0.25, -0.2) is 4.79 Å². The third kappa shape index (κ3) is 6.87. The van der Waals surface area contributed by atoms with E-state index in [-0.39, 0.29) is 18.0 Å². The molecule has 4 nitrogen and oxygen atoms in total. The molecular formula is C16H26N2O2S. The summed E-state index contributed by atoms with van der Waals surface area (Å²) in [5.41, 5.74) is 1.71. The molecule has 2 amide bonds. The molecule has 1 rings (SSSR count). The summed E-state index contributed by atoms with van der Waals surface area (Å²) in [5, 5.41) is 15.4. The third-order valence-corrected chi connectivity index (χ3v) is 4.06. The summed E-state index contributed by atoms with van der Waals surface area (Å²) in [6.45, 7) is 8.17. The summed E-state index contributed by atoms with van der Waals surface area (Å²) in [6.07, 6.45) is -0.574. The number of urea groups is 1. The molecule has 0 aliphatic rings. The molecule has 1 aromatic carbocycles. The van der Waals surface area contributed by atoms with Gasteiger partial charge in [0.2, 0.25) is 0 Å². The first-order valence-corrected chi connectivity index (χ1v) is 8.38. The number of aliphatic hydroxyl groups excluding tert-OH is 1. The number of amides is 2. The fourth-order valence-corrected chi connectivity index (χ4v) is 2.25. The summed E-state index contributed by atoms with van der Waals surface area (Å²) < 4.78 is 0. The number of hydrogen-bond acceptors (Lipinski definition) is 3. The normalized spacial score (nSPS) is 12.8. The van der Waals surface area contributed by atoms with Crippen molar-refractivity contribution >= 4 is 23.5 Å². The molecule has 1 aromatic rings. The Bertz CT molecular complexity index is 458. The zero-order valence-electron chi connectivity index (χ0n) is 13.3. The van der Waals surface area contributed by atoms with E-state index >= 15 is 0 Å². The molecule has 1 atom stereocenters. The van der Waals surface area contributed by atoms with E-state index in [2.05, 4.69) is 23.6 Å². The van der Waals surface area contributed by atoms with Crippen molar-refractivity contribution in [3.8, 4) is 0 Å². The van der Waals surface area contributed by atoms with E-state index in [4.69, 9.17) is 0 Å². The highest BCUT2D eigenvalue weighted by Crippen LogP contribution is 2.18. The molecule has 0 aliphatic heterocycles. The molecule has 0 spiro atoms. The molecule has 0 saturated heterocycles. The first-order valence-electron chi connectivity index (χ1n) is 7.22. The lowest BCUT2D eigenvalue weighted by molar-refractivity contribution is 0.0654. The zero-order chi connectivity index (χ0) is 15.9. The molecule has 0 fully saturated rings. The fraction of sp³-hybridized carbons (Fsp3) is 0.562. The van der Waals surface area contributed by atoms with Crippen LogP contribution in [-0.2, 0) is 5.75 Å². The Morgan fingerprint density at radius 3 is 2.71 bits per heavy atom. The number of thioether (sulfide) groups is 1. The van der Waals surface area contributed by atoms with Crippen LogP contribution in [0.25, 0.3) is 0 Å². The second-order valence-corrected chi connectivity index (χ2v) is 7.33. The number of rotatable bonds is 6. The maximum atomic E-state index is 11.8. The predicted molar refractivity (Wildman–Crippen MR) is 90.8 cm³/mol. The number of aliphatic hydroxyl groups is 1. The van der Waals surface area contributed by atoms with Gasteiger partial charge in [-0.05, 0) is 28.9 Å². The van der Waals surface area contributed by atoms with Crippen molar-refractivity contribution in [1.29, 1.82) is 0 Å². The van der Waals surface area contributed by atoms with E-state index in [9.17, 15) is 9.90 Å². The van der Waals surface area contributed by atoms with Crippen LogP contribution < -0.4 is 10.6 Å². The summed E-state index contributed by atoms with van der Waals surface area (Å²) in [6, 6.07) is 7.53. The van der Waals surface area contributed by atoms with E-state index in [0.717, 1.165) is 17.2 Å². The summed E-state index contributed by atoms with van der Waals surface area (Å²) in [4.78, 5) is 11.8. The summed E-state index contributed by atoms with van der Waals surface area (Å²) in [7, 11) is 0. The Kier molecular flexibility index (Phi) is 7.05. The van der Waals surface area contributed by atoms with Gasteiger partial charge in [0.05, 0.1) is 6.10 Å². The second-order valence-electron chi connectivity index (χ2n) is 6.05. The molecule has 0 radical (unpaired) electrons. The van der Waals surface area contributed by atoms with Crippen LogP contribution in [0.5, 0.6) is 0 Å². The van der Waals surface area contributed by atoms with E-state index in [0.29, 0.717) is 0 Å². The number of carbonyl (C=O) groups is 1. The monoisotopic (exact) mass is 310 g/mol. The second kappa shape index (κ2) is 8.29. The van der Waals surface area contributed by atoms with Crippen LogP contribution in [0.1, 0.15) is 33.3 Å². The third-order valence-electron chi connectivity index (χ3n) is 3.11. The molecule has 0 bridgehead atoms. The van der Waals surface area contributed by atoms with Gasteiger partial charge in [0.15, 0.2) is 0 Å². The molecule has 0 saturated carbocycles. The quantitative estimate of drug-likeness (QED) is 0.754. The van der Waals surface area contributed by atoms with Crippen LogP contribution in [0.2, 0.25) is 0 Å². The molecule has 1 unspecified atom stereocenters. The zero-order valence-corrected chi connectivity index (χ0v) is 14.1. The first kappa shape index (κ1) is 17.9. The van der Waals surface area contributed by atoms with Crippen molar-refractivity contribution in [3.63, 3.8) is 0 Å². The predicted octanol–water partition coefficient (Wildman–Crippen LogP) is 3.47. The number of hydrogen-bond donors (Lipinski definition) is 3. The van der Waals surface area contributed by atoms with Gasteiger partial charge in [-0.1, -0.05) is 39.8 Å². The number of anilines is 1. The fourth-order valence-electron chi connectivity index (χ4n) is 1.63. The molecule has 5 heteroatoms. The average Bonchev–Trinajstić information content (AvgIpc) is 2.42. The minimum atomic E-state index is -0.574. The van der Waals surface area contributed by atoms with Crippen molar-refractivity contribution in [2.45, 2.75) is 39.6 Å². The van der Waals surface area contributed by atoms with Gasteiger partial charge >= 0.3 is 6.03 Å². The average molecular weight is 310 g/mol. The maximum absolute atomic E-state index is 11.8. The number of nitrogens with one attached hydrogen (secondary N) is 2. The molecule has 3 N–H and O–H groups in total. The van der Waals surface area contributed by atoms with Gasteiger partial charge in [-0.3, -0.25) is 0 Å². The van der Waals surface area contributed by atoms with Gasteiger partial charge in [0.25, 0.3) is 0 Å². The molecule has 118 valence electrons. The molecule has 21 heavy (non-hydrogen) atoms. The van der Waals surface area contributed by atoms with Crippen LogP contribution >= 0.6 is 11.8 Å². The Hall–Kier alpha value is -1.20. The smallest absolute Gasteiger partial charge is 0.319 e. The van der Waals surface area contributed by atoms with Crippen molar-refractivity contribution in [2.75, 3.05) is 17.6 Å². The Balaban J connectivity index is 2.47. The Labute approximate surface area is 131 Å². The van der Waals surface area contributed by atoms with Crippen molar-refractivity contribution in [2.24, 2.45) is 5.41 Å². The first-order chi connectivity index (χ1) is 9.82. The van der Waals surface area contributed by atoms with Crippen molar-refractivity contribution < 1.29 is 9.90 Å². The van der Waals surface area contributed by atoms with Gasteiger partial charge in [0.1, 0.15) is 0 Å². The lowest BCUT2D eigenvalue weighted by atomic mass is 9.89. The maximum Gasteiger partial charge on any atom is 0.319 e. The molecule has 0 aliphatic carbocycles. The summed E-state index contributed by atoms with van der Waals surface area (Å²) in [5.74, 6) is 2.01. The van der Waals surface area contributed by atoms with Gasteiger partial charge in [0, 0.05) is 18.0 Å². The lowest BCUT2D eigenvalue weighted by Gasteiger charge is -2.25. The van der Waals surface area contributed by atoms with E-state index in [1.165, 1.54) is 5.56 Å². The van der Waals surface area contributed by atoms with Gasteiger partial charge < -0.3 is 15.7 Å². The van der Waals surface area contributed by atoms with Crippen LogP contribution in [0, 0.1) is 5.41 Å². The van der Waals surface area contributed by atoms with Crippen molar-refractivity contribution in [1.82, 2.24) is 5.32 Å². The molecule has 0 aromatic heterocycles. The van der Waals surface area contributed by atoms with Gasteiger partial charge in [-0.2, -0.15) is 11.8 Å². The van der Waals surface area contributed by atoms with Crippen LogP contribution in [0.15, 0.2) is 24.3 Å². The van der Waals surface area contributed by atoms with Crippen LogP contribution in [0.3, 0.4) is 0 Å². The van der Waals surface area contributed by atoms with E-state index in [1.807, 2.05) is 50.7 Å². The standard InChI is InChI=1S/C16H26N2O2S/c1-5-21-11-12-7-6-8-13(9-12)18-15(20)17-10-14(19)16(2,3)4/h6-9,14,19H,5,10-11H2,1-4H3,(H2,17,18,20). The van der Waals surface area contributed by atoms with Crippen molar-refractivity contribution in [3.05, 3.63) is 29.8 Å². The Morgan fingerprint density at radius 2 is 2.10 bits per heavy atom. The number of carbonyl (C=O) groups excluding carboxylic acids is 1. The van der Waals surface area contributed by atoms with Gasteiger partial charge in [-0.15, -0.1) is 0 Å². The minimum Gasteiger partial charge on any atom is -0.391 e. The lowest BCUT2D eigenvalue weighted by Crippen LogP contribution is -2.40. The highest BCUT2D eigenvalue weighted by molar-refractivity contribution is 7.98. The molecule has 0 heterocycles. The van der Waals surface area contributed by atoms with E-state index in [1.54, 1.807) is 0 Å². The Morgan fingerprint density at radius 1 is 1.38 bits per heavy atom. The topological polar surface area (TPSA) is 61.4 Å². The minimum absolute atomic E-state index is 0.237. The highest BCUT2D eigenvalue weighted by atomic mass is 32.2. The SMILES string of the molecule is CCSCc1cccc(NC(=O)NCC(O)C(C)(C)C)c1. The van der Waals surface area contributed by atoms with E-state index < -0.39 is 6.10 Å². The number of benzene rings is 1. The highest BCUT2D eigenvalue weighted by Gasteiger charge is 2.22. The summed E-state index contributed by atoms with van der Waals surface area (Å²) >= 11 is 1.84. The van der Waals surface area contributed by atoms with Crippen LogP contribution in [0.4, 0.5) is 10.5 Å².